The van der Waals surface area contributed by atoms with Crippen LogP contribution in [0.4, 0.5) is 0 Å². The molecule has 5 heteroatoms. The molecule has 0 saturated carbocycles. The fourth-order valence-electron chi connectivity index (χ4n) is 1.85. The smallest absolute Gasteiger partial charge is 0.181 e. The van der Waals surface area contributed by atoms with Crippen LogP contribution in [-0.4, -0.2) is 24.9 Å². The molecular weight excluding hydrogens is 226 g/mol. The molecule has 0 fully saturated rings. The van der Waals surface area contributed by atoms with Crippen LogP contribution in [-0.2, 0) is 5.41 Å². The molecule has 0 bridgehead atoms. The number of rotatable bonds is 1. The summed E-state index contributed by atoms with van der Waals surface area (Å²) >= 11 is 0. The summed E-state index contributed by atoms with van der Waals surface area (Å²) in [7, 11) is 0. The molecule has 0 amide bonds. The van der Waals surface area contributed by atoms with E-state index in [0.717, 1.165) is 22.6 Å². The number of imidazole rings is 1. The number of fused-ring (bicyclic) bond motifs is 1. The summed E-state index contributed by atoms with van der Waals surface area (Å²) in [6.45, 7) is 6.30. The van der Waals surface area contributed by atoms with Crippen molar-refractivity contribution in [2.24, 2.45) is 0 Å². The maximum Gasteiger partial charge on any atom is 0.181 e. The van der Waals surface area contributed by atoms with Crippen LogP contribution in [0.15, 0.2) is 24.8 Å². The van der Waals surface area contributed by atoms with Crippen LogP contribution in [0.3, 0.4) is 0 Å². The van der Waals surface area contributed by atoms with Gasteiger partial charge >= 0.3 is 0 Å². The second-order valence-electron chi connectivity index (χ2n) is 5.35. The first-order chi connectivity index (χ1) is 8.55. The highest BCUT2D eigenvalue weighted by Crippen LogP contribution is 2.27. The fraction of sp³-hybridized carbons (Fsp3) is 0.308. The molecular formula is C13H15N5. The normalized spacial score (nSPS) is 12.2. The number of nitrogens with zero attached hydrogens (tertiary/aromatic N) is 3. The van der Waals surface area contributed by atoms with Crippen molar-refractivity contribution in [3.05, 3.63) is 30.6 Å². The van der Waals surface area contributed by atoms with Crippen LogP contribution >= 0.6 is 0 Å². The molecule has 0 saturated heterocycles. The lowest BCUT2D eigenvalue weighted by Crippen LogP contribution is -2.16. The van der Waals surface area contributed by atoms with Gasteiger partial charge in [-0.25, -0.2) is 15.0 Å². The molecule has 3 heterocycles. The number of hydrogen-bond donors (Lipinski definition) is 2. The molecule has 3 aromatic rings. The number of aromatic nitrogens is 5. The SMILES string of the molecule is CC(C)(C)c1nc(-c2cc[nH]c2)c2[nH]cnc2n1. The molecule has 0 radical (unpaired) electrons. The first-order valence-electron chi connectivity index (χ1n) is 5.90. The van der Waals surface area contributed by atoms with Crippen molar-refractivity contribution in [3.63, 3.8) is 0 Å². The van der Waals surface area contributed by atoms with Crippen LogP contribution in [0, 0.1) is 0 Å². The molecule has 0 aliphatic carbocycles. The van der Waals surface area contributed by atoms with Crippen molar-refractivity contribution in [2.45, 2.75) is 26.2 Å². The van der Waals surface area contributed by atoms with Crippen molar-refractivity contribution in [1.29, 1.82) is 0 Å². The summed E-state index contributed by atoms with van der Waals surface area (Å²) in [6, 6.07) is 2.00. The Labute approximate surface area is 105 Å². The van der Waals surface area contributed by atoms with Gasteiger partial charge in [0.2, 0.25) is 0 Å². The Bertz CT molecular complexity index is 673. The van der Waals surface area contributed by atoms with Crippen LogP contribution < -0.4 is 0 Å². The van der Waals surface area contributed by atoms with E-state index in [2.05, 4.69) is 45.7 Å². The van der Waals surface area contributed by atoms with Crippen molar-refractivity contribution in [1.82, 2.24) is 24.9 Å². The third-order valence-electron chi connectivity index (χ3n) is 2.83. The van der Waals surface area contributed by atoms with Crippen LogP contribution in [0.1, 0.15) is 26.6 Å². The molecule has 5 nitrogen and oxygen atoms in total. The molecule has 0 unspecified atom stereocenters. The molecule has 0 aliphatic rings. The van der Waals surface area contributed by atoms with E-state index in [4.69, 9.17) is 0 Å². The minimum Gasteiger partial charge on any atom is -0.367 e. The topological polar surface area (TPSA) is 70.2 Å². The highest BCUT2D eigenvalue weighted by Gasteiger charge is 2.21. The van der Waals surface area contributed by atoms with E-state index >= 15 is 0 Å². The number of nitrogens with one attached hydrogen (secondary N) is 2. The summed E-state index contributed by atoms with van der Waals surface area (Å²) in [6.07, 6.45) is 5.47. The van der Waals surface area contributed by atoms with Gasteiger partial charge in [-0.15, -0.1) is 0 Å². The number of H-pyrrole nitrogens is 2. The van der Waals surface area contributed by atoms with Crippen LogP contribution in [0.25, 0.3) is 22.4 Å². The first kappa shape index (κ1) is 11.0. The van der Waals surface area contributed by atoms with Crippen molar-refractivity contribution in [2.75, 3.05) is 0 Å². The number of aromatic amines is 2. The van der Waals surface area contributed by atoms with E-state index < -0.39 is 0 Å². The van der Waals surface area contributed by atoms with E-state index in [9.17, 15) is 0 Å². The highest BCUT2D eigenvalue weighted by molar-refractivity contribution is 5.86. The quantitative estimate of drug-likeness (QED) is 0.688. The zero-order valence-electron chi connectivity index (χ0n) is 10.7. The van der Waals surface area contributed by atoms with Crippen molar-refractivity contribution >= 4 is 11.2 Å². The summed E-state index contributed by atoms with van der Waals surface area (Å²) in [4.78, 5) is 19.6. The number of hydrogen-bond acceptors (Lipinski definition) is 3. The zero-order valence-corrected chi connectivity index (χ0v) is 10.7. The Hall–Kier alpha value is -2.17. The van der Waals surface area contributed by atoms with Crippen LogP contribution in [0.5, 0.6) is 0 Å². The molecule has 0 aromatic carbocycles. The second-order valence-corrected chi connectivity index (χ2v) is 5.35. The Kier molecular flexibility index (Phi) is 2.23. The van der Waals surface area contributed by atoms with Gasteiger partial charge in [0.1, 0.15) is 17.0 Å². The summed E-state index contributed by atoms with van der Waals surface area (Å²) in [5.74, 6) is 0.804. The molecule has 0 atom stereocenters. The van der Waals surface area contributed by atoms with E-state index in [1.165, 1.54) is 0 Å². The van der Waals surface area contributed by atoms with Gasteiger partial charge in [0.15, 0.2) is 5.65 Å². The molecule has 0 spiro atoms. The van der Waals surface area contributed by atoms with E-state index in [1.54, 1.807) is 6.33 Å². The Balaban J connectivity index is 2.32. The largest absolute Gasteiger partial charge is 0.367 e. The predicted octanol–water partition coefficient (Wildman–Crippen LogP) is 2.65. The monoisotopic (exact) mass is 241 g/mol. The Morgan fingerprint density at radius 2 is 2.00 bits per heavy atom. The van der Waals surface area contributed by atoms with E-state index in [0.29, 0.717) is 5.65 Å². The van der Waals surface area contributed by atoms with Crippen LogP contribution in [0.2, 0.25) is 0 Å². The zero-order chi connectivity index (χ0) is 12.8. The summed E-state index contributed by atoms with van der Waals surface area (Å²) < 4.78 is 0. The Morgan fingerprint density at radius 3 is 2.67 bits per heavy atom. The lowest BCUT2D eigenvalue weighted by molar-refractivity contribution is 0.548. The fourth-order valence-corrected chi connectivity index (χ4v) is 1.85. The third-order valence-corrected chi connectivity index (χ3v) is 2.83. The van der Waals surface area contributed by atoms with Gasteiger partial charge < -0.3 is 9.97 Å². The Morgan fingerprint density at radius 1 is 1.17 bits per heavy atom. The first-order valence-corrected chi connectivity index (χ1v) is 5.90. The summed E-state index contributed by atoms with van der Waals surface area (Å²) in [5, 5.41) is 0. The van der Waals surface area contributed by atoms with Gasteiger partial charge in [0, 0.05) is 23.4 Å². The minimum absolute atomic E-state index is 0.0990. The van der Waals surface area contributed by atoms with Gasteiger partial charge in [0.25, 0.3) is 0 Å². The molecule has 3 aromatic heterocycles. The van der Waals surface area contributed by atoms with E-state index in [1.807, 2.05) is 18.5 Å². The van der Waals surface area contributed by atoms with Crippen molar-refractivity contribution in [3.8, 4) is 11.3 Å². The lowest BCUT2D eigenvalue weighted by atomic mass is 9.95. The molecule has 92 valence electrons. The van der Waals surface area contributed by atoms with Gasteiger partial charge in [0.05, 0.1) is 6.33 Å². The predicted molar refractivity (Wildman–Crippen MR) is 70.2 cm³/mol. The van der Waals surface area contributed by atoms with Gasteiger partial charge in [-0.3, -0.25) is 0 Å². The maximum absolute atomic E-state index is 4.68. The van der Waals surface area contributed by atoms with Gasteiger partial charge in [-0.2, -0.15) is 0 Å². The van der Waals surface area contributed by atoms with Crippen molar-refractivity contribution < 1.29 is 0 Å². The maximum atomic E-state index is 4.68. The third kappa shape index (κ3) is 1.68. The molecule has 2 N–H and O–H groups in total. The summed E-state index contributed by atoms with van der Waals surface area (Å²) in [5.41, 5.74) is 3.42. The minimum atomic E-state index is -0.0990. The molecule has 3 rings (SSSR count). The lowest BCUT2D eigenvalue weighted by Gasteiger charge is -2.17. The molecule has 0 aliphatic heterocycles. The average molecular weight is 241 g/mol. The standard InChI is InChI=1S/C13H15N5/c1-13(2,3)12-17-9(8-4-5-14-6-8)10-11(18-12)16-7-15-10/h4-7,14H,1-3H3,(H,15,16,17,18). The van der Waals surface area contributed by atoms with Gasteiger partial charge in [-0.1, -0.05) is 20.8 Å². The average Bonchev–Trinajstić information content (AvgIpc) is 2.97. The van der Waals surface area contributed by atoms with Gasteiger partial charge in [-0.05, 0) is 6.07 Å². The molecule has 18 heavy (non-hydrogen) atoms. The van der Waals surface area contributed by atoms with E-state index in [-0.39, 0.29) is 5.41 Å². The highest BCUT2D eigenvalue weighted by atomic mass is 15.0. The second kappa shape index (κ2) is 3.66.